The number of hydrogen-bond acceptors (Lipinski definition) is 11. The summed E-state index contributed by atoms with van der Waals surface area (Å²) in [6.07, 6.45) is -2.50. The van der Waals surface area contributed by atoms with Crippen LogP contribution in [0, 0.1) is 0 Å². The second-order valence-corrected chi connectivity index (χ2v) is 8.32. The number of aliphatic hydroxyl groups is 2. The summed E-state index contributed by atoms with van der Waals surface area (Å²) in [5.41, 5.74) is 1.85. The number of aromatic nitrogens is 4. The zero-order valence-corrected chi connectivity index (χ0v) is 18.1. The number of aliphatic hydroxyl groups excluding tert-OH is 2. The SMILES string of the molecule is COc1ccc(OC2O[C@H](COP(=O)(O)O)[C@@H](O)[C@H]2O)cc1CNc1ncnc2nc[nH]c12. The van der Waals surface area contributed by atoms with Gasteiger partial charge in [0.1, 0.15) is 41.7 Å². The first-order valence-corrected chi connectivity index (χ1v) is 11.2. The number of benzene rings is 1. The first-order chi connectivity index (χ1) is 15.7. The van der Waals surface area contributed by atoms with Crippen molar-refractivity contribution in [2.45, 2.75) is 31.1 Å². The van der Waals surface area contributed by atoms with E-state index in [1.165, 1.54) is 19.8 Å². The van der Waals surface area contributed by atoms with E-state index < -0.39 is 39.0 Å². The lowest BCUT2D eigenvalue weighted by molar-refractivity contribution is -0.116. The maximum absolute atomic E-state index is 10.9. The molecule has 3 heterocycles. The lowest BCUT2D eigenvalue weighted by Crippen LogP contribution is -2.35. The molecule has 178 valence electrons. The van der Waals surface area contributed by atoms with Crippen molar-refractivity contribution in [3.05, 3.63) is 36.4 Å². The maximum Gasteiger partial charge on any atom is 0.469 e. The van der Waals surface area contributed by atoms with Crippen LogP contribution in [-0.4, -0.2) is 78.3 Å². The molecule has 0 spiro atoms. The van der Waals surface area contributed by atoms with E-state index in [0.29, 0.717) is 40.6 Å². The van der Waals surface area contributed by atoms with Gasteiger partial charge in [-0.3, -0.25) is 4.52 Å². The summed E-state index contributed by atoms with van der Waals surface area (Å²) in [4.78, 5) is 32.9. The Bertz CT molecular complexity index is 1160. The fourth-order valence-electron chi connectivity index (χ4n) is 3.30. The Labute approximate surface area is 186 Å². The highest BCUT2D eigenvalue weighted by Gasteiger charge is 2.45. The second kappa shape index (κ2) is 9.57. The van der Waals surface area contributed by atoms with Crippen molar-refractivity contribution in [1.82, 2.24) is 19.9 Å². The Morgan fingerprint density at radius 3 is 2.79 bits per heavy atom. The van der Waals surface area contributed by atoms with Crippen LogP contribution in [0.3, 0.4) is 0 Å². The molecule has 1 aromatic carbocycles. The van der Waals surface area contributed by atoms with Crippen LogP contribution >= 0.6 is 7.82 Å². The van der Waals surface area contributed by atoms with Gasteiger partial charge in [0.2, 0.25) is 6.29 Å². The molecule has 2 aromatic heterocycles. The average molecular weight is 483 g/mol. The molecule has 1 saturated heterocycles. The van der Waals surface area contributed by atoms with Crippen molar-refractivity contribution in [2.24, 2.45) is 0 Å². The molecule has 1 aliphatic rings. The van der Waals surface area contributed by atoms with Crippen LogP contribution in [0.4, 0.5) is 5.82 Å². The normalized spacial score (nSPS) is 23.1. The molecule has 0 amide bonds. The minimum Gasteiger partial charge on any atom is -0.496 e. The number of H-pyrrole nitrogens is 1. The van der Waals surface area contributed by atoms with Gasteiger partial charge in [0.05, 0.1) is 20.0 Å². The van der Waals surface area contributed by atoms with E-state index in [2.05, 4.69) is 29.8 Å². The third-order valence-electron chi connectivity index (χ3n) is 4.90. The Hall–Kier alpha value is -2.84. The quantitative estimate of drug-likeness (QED) is 0.221. The van der Waals surface area contributed by atoms with Gasteiger partial charge in [-0.25, -0.2) is 19.5 Å². The van der Waals surface area contributed by atoms with Crippen LogP contribution < -0.4 is 14.8 Å². The molecule has 3 aromatic rings. The molecule has 15 heteroatoms. The number of hydrogen-bond donors (Lipinski definition) is 6. The third-order valence-corrected chi connectivity index (χ3v) is 5.38. The first kappa shape index (κ1) is 23.3. The number of phosphoric acid groups is 1. The molecule has 1 unspecified atom stereocenters. The van der Waals surface area contributed by atoms with E-state index in [9.17, 15) is 14.8 Å². The predicted molar refractivity (Wildman–Crippen MR) is 111 cm³/mol. The minimum atomic E-state index is -4.76. The third kappa shape index (κ3) is 5.39. The topological polar surface area (TPSA) is 201 Å². The Morgan fingerprint density at radius 1 is 1.21 bits per heavy atom. The standard InChI is InChI=1S/C18H22N5O9P/c1-29-11-3-2-10(31-18-15(25)14(24)12(32-18)6-30-33(26,27)28)4-9(11)5-19-16-13-17(21-7-20-13)23-8-22-16/h2-4,7-8,12,14-15,18,24-25H,5-6H2,1H3,(H2,26,27,28)(H2,19,20,21,22,23)/t12-,14-,15-,18?/m1/s1. The number of ether oxygens (including phenoxy) is 3. The molecule has 14 nitrogen and oxygen atoms in total. The van der Waals surface area contributed by atoms with Gasteiger partial charge in [-0.2, -0.15) is 0 Å². The van der Waals surface area contributed by atoms with Crippen LogP contribution in [0.25, 0.3) is 11.2 Å². The van der Waals surface area contributed by atoms with Crippen LogP contribution in [0.5, 0.6) is 11.5 Å². The van der Waals surface area contributed by atoms with Gasteiger partial charge in [0.15, 0.2) is 11.5 Å². The summed E-state index contributed by atoms with van der Waals surface area (Å²) in [6, 6.07) is 4.89. The molecule has 33 heavy (non-hydrogen) atoms. The zero-order chi connectivity index (χ0) is 23.6. The van der Waals surface area contributed by atoms with Gasteiger partial charge in [-0.1, -0.05) is 0 Å². The first-order valence-electron chi connectivity index (χ1n) is 9.68. The number of anilines is 1. The minimum absolute atomic E-state index is 0.293. The van der Waals surface area contributed by atoms with Gasteiger partial charge in [0, 0.05) is 12.1 Å². The summed E-state index contributed by atoms with van der Waals surface area (Å²) in [7, 11) is -3.24. The van der Waals surface area contributed by atoms with E-state index >= 15 is 0 Å². The number of nitrogens with one attached hydrogen (secondary N) is 2. The van der Waals surface area contributed by atoms with E-state index in [4.69, 9.17) is 24.0 Å². The number of rotatable bonds is 9. The van der Waals surface area contributed by atoms with E-state index in [0.717, 1.165) is 0 Å². The number of nitrogens with zero attached hydrogens (tertiary/aromatic N) is 3. The van der Waals surface area contributed by atoms with Crippen molar-refractivity contribution >= 4 is 24.8 Å². The fourth-order valence-corrected chi connectivity index (χ4v) is 3.64. The smallest absolute Gasteiger partial charge is 0.469 e. The van der Waals surface area contributed by atoms with Crippen molar-refractivity contribution in [2.75, 3.05) is 19.0 Å². The lowest BCUT2D eigenvalue weighted by Gasteiger charge is -2.18. The summed E-state index contributed by atoms with van der Waals surface area (Å²) < 4.78 is 31.7. The van der Waals surface area contributed by atoms with Crippen molar-refractivity contribution in [1.29, 1.82) is 0 Å². The van der Waals surface area contributed by atoms with E-state index in [1.807, 2.05) is 0 Å². The van der Waals surface area contributed by atoms with Gasteiger partial charge in [-0.15, -0.1) is 0 Å². The summed E-state index contributed by atoms with van der Waals surface area (Å²) in [5.74, 6) is 1.40. The Kier molecular flexibility index (Phi) is 6.76. The average Bonchev–Trinajstić information content (AvgIpc) is 3.37. The predicted octanol–water partition coefficient (Wildman–Crippen LogP) is -0.0916. The fraction of sp³-hybridized carbons (Fsp3) is 0.389. The number of imidazole rings is 1. The van der Waals surface area contributed by atoms with E-state index in [1.54, 1.807) is 18.2 Å². The van der Waals surface area contributed by atoms with E-state index in [-0.39, 0.29) is 0 Å². The van der Waals surface area contributed by atoms with Gasteiger partial charge >= 0.3 is 7.82 Å². The molecule has 4 atom stereocenters. The molecule has 1 aliphatic heterocycles. The molecule has 0 aliphatic carbocycles. The summed E-state index contributed by atoms with van der Waals surface area (Å²) >= 11 is 0. The molecule has 0 saturated carbocycles. The molecule has 6 N–H and O–H groups in total. The number of aromatic amines is 1. The van der Waals surface area contributed by atoms with Gasteiger partial charge < -0.3 is 44.5 Å². The Morgan fingerprint density at radius 2 is 2.03 bits per heavy atom. The maximum atomic E-state index is 10.9. The van der Waals surface area contributed by atoms with Crippen LogP contribution in [-0.2, 0) is 20.4 Å². The molecule has 0 radical (unpaired) electrons. The second-order valence-electron chi connectivity index (χ2n) is 7.08. The molecule has 1 fully saturated rings. The lowest BCUT2D eigenvalue weighted by atomic mass is 10.1. The largest absolute Gasteiger partial charge is 0.496 e. The highest BCUT2D eigenvalue weighted by atomic mass is 31.2. The zero-order valence-electron chi connectivity index (χ0n) is 17.2. The van der Waals surface area contributed by atoms with Crippen LogP contribution in [0.2, 0.25) is 0 Å². The highest BCUT2D eigenvalue weighted by molar-refractivity contribution is 7.46. The van der Waals surface area contributed by atoms with Crippen molar-refractivity contribution < 1.29 is 43.3 Å². The number of phosphoric ester groups is 1. The van der Waals surface area contributed by atoms with Gasteiger partial charge in [-0.05, 0) is 18.2 Å². The molecule has 0 bridgehead atoms. The monoisotopic (exact) mass is 483 g/mol. The van der Waals surface area contributed by atoms with Gasteiger partial charge in [0.25, 0.3) is 0 Å². The molecular formula is C18H22N5O9P. The van der Waals surface area contributed by atoms with Crippen molar-refractivity contribution in [3.63, 3.8) is 0 Å². The number of methoxy groups -OCH3 is 1. The molecular weight excluding hydrogens is 461 g/mol. The van der Waals surface area contributed by atoms with Crippen molar-refractivity contribution in [3.8, 4) is 11.5 Å². The number of fused-ring (bicyclic) bond motifs is 1. The van der Waals surface area contributed by atoms with Crippen LogP contribution in [0.15, 0.2) is 30.9 Å². The van der Waals surface area contributed by atoms with Crippen LogP contribution in [0.1, 0.15) is 5.56 Å². The highest BCUT2D eigenvalue weighted by Crippen LogP contribution is 2.37. The summed E-state index contributed by atoms with van der Waals surface area (Å²) in [6.45, 7) is -0.331. The molecule has 4 rings (SSSR count). The Balaban J connectivity index is 1.45. The summed E-state index contributed by atoms with van der Waals surface area (Å²) in [5, 5.41) is 23.5.